The number of esters is 1. The van der Waals surface area contributed by atoms with Crippen LogP contribution in [0.25, 0.3) is 0 Å². The third kappa shape index (κ3) is 5.03. The molecule has 0 unspecified atom stereocenters. The Morgan fingerprint density at radius 1 is 1.19 bits per heavy atom. The van der Waals surface area contributed by atoms with Crippen LogP contribution in [-0.4, -0.2) is 55.0 Å². The fourth-order valence-corrected chi connectivity index (χ4v) is 4.26. The summed E-state index contributed by atoms with van der Waals surface area (Å²) in [6.45, 7) is 1.85. The van der Waals surface area contributed by atoms with Gasteiger partial charge in [0.15, 0.2) is 5.60 Å². The molecule has 0 amide bonds. The number of nitrogens with zero attached hydrogens (tertiary/aromatic N) is 1. The van der Waals surface area contributed by atoms with Gasteiger partial charge in [-0.05, 0) is 37.0 Å². The molecule has 0 bridgehead atoms. The average Bonchev–Trinajstić information content (AvgIpc) is 3.03. The predicted molar refractivity (Wildman–Crippen MR) is 98.5 cm³/mol. The van der Waals surface area contributed by atoms with Crippen LogP contribution in [0.3, 0.4) is 0 Å². The van der Waals surface area contributed by atoms with E-state index >= 15 is 0 Å². The molecular weight excluding hydrogens is 437 g/mol. The van der Waals surface area contributed by atoms with Gasteiger partial charge in [0, 0.05) is 23.8 Å². The second kappa shape index (κ2) is 8.76. The molecule has 1 saturated carbocycles. The molecule has 0 radical (unpaired) electrons. The Hall–Kier alpha value is -0.690. The third-order valence-electron chi connectivity index (χ3n) is 5.94. The maximum atomic E-state index is 13.8. The zero-order valence-electron chi connectivity index (χ0n) is 15.8. The molecule has 3 rings (SSSR count). The van der Waals surface area contributed by atoms with Crippen molar-refractivity contribution in [2.75, 3.05) is 27.2 Å². The van der Waals surface area contributed by atoms with Crippen LogP contribution in [0.2, 0.25) is 5.02 Å². The van der Waals surface area contributed by atoms with E-state index in [1.807, 2.05) is 0 Å². The number of halogens is 3. The molecule has 1 heterocycles. The normalized spacial score (nSPS) is 27.4. The minimum Gasteiger partial charge on any atom is -1.00 e. The van der Waals surface area contributed by atoms with Gasteiger partial charge in [0.2, 0.25) is 0 Å². The lowest BCUT2D eigenvalue weighted by atomic mass is 9.80. The Balaban J connectivity index is 0.00000261. The number of carbonyl (C=O) groups is 1. The summed E-state index contributed by atoms with van der Waals surface area (Å²) in [6, 6.07) is 6.54. The highest BCUT2D eigenvalue weighted by Crippen LogP contribution is 2.43. The van der Waals surface area contributed by atoms with Gasteiger partial charge in [-0.1, -0.05) is 23.7 Å². The molecule has 27 heavy (non-hydrogen) atoms. The highest BCUT2D eigenvalue weighted by molar-refractivity contribution is 6.30. The Morgan fingerprint density at radius 2 is 1.78 bits per heavy atom. The molecule has 1 aromatic rings. The van der Waals surface area contributed by atoms with Crippen LogP contribution in [-0.2, 0) is 15.1 Å². The molecule has 0 spiro atoms. The largest absolute Gasteiger partial charge is 1.00 e. The lowest BCUT2D eigenvalue weighted by Crippen LogP contribution is -3.00. The van der Waals surface area contributed by atoms with Crippen molar-refractivity contribution in [1.82, 2.24) is 0 Å². The summed E-state index contributed by atoms with van der Waals surface area (Å²) in [5.41, 5.74) is -1.40. The van der Waals surface area contributed by atoms with E-state index in [0.29, 0.717) is 23.4 Å². The van der Waals surface area contributed by atoms with Crippen LogP contribution in [0, 0.1) is 5.92 Å². The smallest absolute Gasteiger partial charge is 0.343 e. The zero-order valence-corrected chi connectivity index (χ0v) is 18.2. The molecule has 1 N–H and O–H groups in total. The van der Waals surface area contributed by atoms with Crippen molar-refractivity contribution in [3.63, 3.8) is 0 Å². The van der Waals surface area contributed by atoms with Gasteiger partial charge in [-0.3, -0.25) is 0 Å². The molecule has 0 aromatic heterocycles. The summed E-state index contributed by atoms with van der Waals surface area (Å²) < 4.78 is 20.4. The van der Waals surface area contributed by atoms with Crippen LogP contribution in [0.15, 0.2) is 24.3 Å². The Labute approximate surface area is 176 Å². The fourth-order valence-electron chi connectivity index (χ4n) is 4.13. The number of piperidine rings is 1. The minimum absolute atomic E-state index is 0. The Kier molecular flexibility index (Phi) is 7.34. The average molecular weight is 465 g/mol. The van der Waals surface area contributed by atoms with Crippen molar-refractivity contribution in [2.45, 2.75) is 50.0 Å². The van der Waals surface area contributed by atoms with E-state index in [9.17, 15) is 14.3 Å². The number of aliphatic hydroxyl groups is 1. The highest BCUT2D eigenvalue weighted by Gasteiger charge is 2.50. The monoisotopic (exact) mass is 463 g/mol. The van der Waals surface area contributed by atoms with Gasteiger partial charge in [-0.25, -0.2) is 9.18 Å². The van der Waals surface area contributed by atoms with Gasteiger partial charge in [-0.2, -0.15) is 0 Å². The number of alkyl halides is 1. The van der Waals surface area contributed by atoms with Crippen LogP contribution in [0.4, 0.5) is 4.39 Å². The van der Waals surface area contributed by atoms with E-state index in [0.717, 1.165) is 30.4 Å². The fraction of sp³-hybridized carbons (Fsp3) is 0.650. The summed E-state index contributed by atoms with van der Waals surface area (Å²) in [5.74, 6) is -1.14. The van der Waals surface area contributed by atoms with E-state index in [4.69, 9.17) is 16.3 Å². The van der Waals surface area contributed by atoms with E-state index in [1.54, 1.807) is 24.3 Å². The number of ether oxygens (including phenoxy) is 1. The molecule has 2 aliphatic rings. The van der Waals surface area contributed by atoms with Crippen LogP contribution < -0.4 is 17.0 Å². The number of quaternary nitrogens is 1. The minimum atomic E-state index is -1.83. The van der Waals surface area contributed by atoms with E-state index in [-0.39, 0.29) is 29.5 Å². The first-order chi connectivity index (χ1) is 12.2. The highest BCUT2D eigenvalue weighted by atomic mass is 79.9. The van der Waals surface area contributed by atoms with Crippen LogP contribution in [0.1, 0.15) is 37.7 Å². The lowest BCUT2D eigenvalue weighted by molar-refractivity contribution is -0.896. The first-order valence-corrected chi connectivity index (χ1v) is 9.74. The topological polar surface area (TPSA) is 46.5 Å². The number of hydrogen-bond donors (Lipinski definition) is 1. The quantitative estimate of drug-likeness (QED) is 0.520. The molecule has 1 aromatic carbocycles. The molecule has 152 valence electrons. The molecule has 2 fully saturated rings. The van der Waals surface area contributed by atoms with Crippen molar-refractivity contribution in [2.24, 2.45) is 5.92 Å². The predicted octanol–water partition coefficient (Wildman–Crippen LogP) is 0.452. The number of rotatable bonds is 4. The first kappa shape index (κ1) is 22.6. The van der Waals surface area contributed by atoms with Crippen molar-refractivity contribution < 1.29 is 40.5 Å². The van der Waals surface area contributed by atoms with Crippen molar-refractivity contribution >= 4 is 17.6 Å². The summed E-state index contributed by atoms with van der Waals surface area (Å²) in [4.78, 5) is 13.0. The molecule has 4 nitrogen and oxygen atoms in total. The van der Waals surface area contributed by atoms with Crippen molar-refractivity contribution in [3.8, 4) is 0 Å². The number of carbonyl (C=O) groups excluding carboxylic acids is 1. The maximum Gasteiger partial charge on any atom is 0.343 e. The van der Waals surface area contributed by atoms with Crippen LogP contribution >= 0.6 is 11.6 Å². The van der Waals surface area contributed by atoms with Gasteiger partial charge in [0.05, 0.1) is 27.2 Å². The molecular formula is C20H28BrClFNO3. The van der Waals surface area contributed by atoms with Gasteiger partial charge in [0.1, 0.15) is 12.3 Å². The van der Waals surface area contributed by atoms with Crippen molar-refractivity contribution in [1.29, 1.82) is 0 Å². The van der Waals surface area contributed by atoms with E-state index < -0.39 is 23.7 Å². The second-order valence-corrected chi connectivity index (χ2v) is 8.80. The second-order valence-electron chi connectivity index (χ2n) is 8.37. The number of likely N-dealkylation sites (tertiary alicyclic amines) is 1. The summed E-state index contributed by atoms with van der Waals surface area (Å²) in [7, 11) is 4.31. The molecule has 1 aliphatic heterocycles. The summed E-state index contributed by atoms with van der Waals surface area (Å²) in [6.07, 6.45) is 1.35. The zero-order chi connectivity index (χ0) is 18.9. The summed E-state index contributed by atoms with van der Waals surface area (Å²) >= 11 is 5.95. The number of hydrogen-bond acceptors (Lipinski definition) is 3. The van der Waals surface area contributed by atoms with Gasteiger partial charge >= 0.3 is 5.97 Å². The Bertz CT molecular complexity index is 647. The van der Waals surface area contributed by atoms with E-state index in [1.165, 1.54) is 0 Å². The third-order valence-corrected chi connectivity index (χ3v) is 6.19. The summed E-state index contributed by atoms with van der Waals surface area (Å²) in [5, 5.41) is 11.9. The maximum absolute atomic E-state index is 13.8. The van der Waals surface area contributed by atoms with Crippen molar-refractivity contribution in [3.05, 3.63) is 34.9 Å². The lowest BCUT2D eigenvalue weighted by Gasteiger charge is -2.38. The molecule has 3 atom stereocenters. The first-order valence-electron chi connectivity index (χ1n) is 9.36. The SMILES string of the molecule is C[N+]1(C)CCC(OC(=O)[C@](O)(c2ccc(Cl)cc2)[C@@H]2CC[C@@H](F)C2)CC1.[Br-]. The Morgan fingerprint density at radius 3 is 2.30 bits per heavy atom. The van der Waals surface area contributed by atoms with E-state index in [2.05, 4.69) is 14.1 Å². The van der Waals surface area contributed by atoms with Gasteiger partial charge in [0.25, 0.3) is 0 Å². The molecule has 1 aliphatic carbocycles. The van der Waals surface area contributed by atoms with Crippen LogP contribution in [0.5, 0.6) is 0 Å². The standard InChI is InChI=1S/C20H28ClFNO3.BrH/c1-23(2)11-9-18(10-12-23)26-19(24)20(25,15-5-8-17(22)13-15)14-3-6-16(21)7-4-14;/h3-4,6-7,15,17-18,25H,5,8-13H2,1-2H3;1H/q+1;/p-1/t15-,17-,20+;/m1./s1. The number of benzene rings is 1. The molecule has 1 saturated heterocycles. The molecule has 7 heteroatoms. The van der Waals surface area contributed by atoms with Gasteiger partial charge in [-0.15, -0.1) is 0 Å². The van der Waals surface area contributed by atoms with Gasteiger partial charge < -0.3 is 31.3 Å².